The lowest BCUT2D eigenvalue weighted by molar-refractivity contribution is -0.148. The highest BCUT2D eigenvalue weighted by atomic mass is 35.5. The van der Waals surface area contributed by atoms with Gasteiger partial charge in [0.15, 0.2) is 18.1 Å². The third kappa shape index (κ3) is 10.5. The summed E-state index contributed by atoms with van der Waals surface area (Å²) in [5, 5.41) is 23.2. The Balaban J connectivity index is 1.65. The van der Waals surface area contributed by atoms with Gasteiger partial charge in [0, 0.05) is 17.5 Å². The maximum absolute atomic E-state index is 13.3. The van der Waals surface area contributed by atoms with Crippen molar-refractivity contribution in [1.29, 1.82) is 0 Å². The lowest BCUT2D eigenvalue weighted by Gasteiger charge is -2.32. The van der Waals surface area contributed by atoms with Crippen molar-refractivity contribution in [1.82, 2.24) is 5.32 Å². The molecule has 3 rings (SSSR count). The first kappa shape index (κ1) is 37.5. The molecular weight excluding hydrogens is 640 g/mol. The largest absolute Gasteiger partial charge is 0.519 e. The third-order valence-electron chi connectivity index (χ3n) is 7.24. The van der Waals surface area contributed by atoms with E-state index in [1.54, 1.807) is 38.1 Å². The zero-order chi connectivity index (χ0) is 34.5. The standard InChI is InChI=1S/C32H41ClN2O12/c1-5-9-19(36)14-20(37)15-25(38)45-17-24-23(46-32(41)47-24)16-34-12-13-44-29-28(31(40)43-6-2)27(21-10-7-8-11-22(21)33)26(18(3)35-29)30(39)42-4/h7-8,10-11,19-20,27-28,34,36-37H,5-6,9,12-17H2,1-4H3/t19-,20-,27?,28?/m1/s1. The molecule has 0 spiro atoms. The summed E-state index contributed by atoms with van der Waals surface area (Å²) in [5.41, 5.74) is 0.929. The molecule has 0 amide bonds. The number of hydrogen-bond acceptors (Lipinski definition) is 14. The van der Waals surface area contributed by atoms with E-state index in [-0.39, 0.29) is 67.8 Å². The van der Waals surface area contributed by atoms with E-state index in [0.29, 0.717) is 17.0 Å². The van der Waals surface area contributed by atoms with E-state index in [4.69, 9.17) is 39.4 Å². The lowest BCUT2D eigenvalue weighted by atomic mass is 9.77. The van der Waals surface area contributed by atoms with Crippen LogP contribution < -0.4 is 11.1 Å². The Morgan fingerprint density at radius 1 is 1.09 bits per heavy atom. The number of nitrogens with zero attached hydrogens (tertiary/aromatic N) is 1. The van der Waals surface area contributed by atoms with Crippen LogP contribution in [0.3, 0.4) is 0 Å². The first-order valence-electron chi connectivity index (χ1n) is 15.3. The van der Waals surface area contributed by atoms with Gasteiger partial charge in [0.1, 0.15) is 12.5 Å². The van der Waals surface area contributed by atoms with E-state index >= 15 is 0 Å². The summed E-state index contributed by atoms with van der Waals surface area (Å²) >= 11 is 6.52. The average Bonchev–Trinajstić information content (AvgIpc) is 3.38. The Morgan fingerprint density at radius 3 is 2.49 bits per heavy atom. The third-order valence-corrected chi connectivity index (χ3v) is 7.58. The van der Waals surface area contributed by atoms with Crippen molar-refractivity contribution < 1.29 is 52.4 Å². The molecule has 0 saturated heterocycles. The highest BCUT2D eigenvalue weighted by Gasteiger charge is 2.45. The summed E-state index contributed by atoms with van der Waals surface area (Å²) in [5.74, 6) is -5.02. The van der Waals surface area contributed by atoms with Gasteiger partial charge in [0.05, 0.1) is 50.2 Å². The van der Waals surface area contributed by atoms with Crippen LogP contribution in [0.25, 0.3) is 0 Å². The fourth-order valence-corrected chi connectivity index (χ4v) is 5.38. The molecule has 3 N–H and O–H groups in total. The number of carbonyl (C=O) groups excluding carboxylic acids is 3. The van der Waals surface area contributed by atoms with E-state index < -0.39 is 54.4 Å². The van der Waals surface area contributed by atoms with Crippen molar-refractivity contribution >= 4 is 35.4 Å². The Hall–Kier alpha value is -3.98. The molecule has 0 fully saturated rings. The van der Waals surface area contributed by atoms with Crippen molar-refractivity contribution in [3.8, 4) is 0 Å². The first-order valence-corrected chi connectivity index (χ1v) is 15.6. The van der Waals surface area contributed by atoms with Crippen molar-refractivity contribution in [2.45, 2.75) is 77.7 Å². The van der Waals surface area contributed by atoms with Crippen LogP contribution in [0.15, 0.2) is 54.2 Å². The SMILES string of the molecule is CCC[C@@H](O)C[C@@H](O)CC(=O)OCc1oc(=O)oc1CNCCOC1=NC(C)=C(C(=O)OC)C(c2ccccc2Cl)C1C(=O)OCC. The number of halogens is 1. The van der Waals surface area contributed by atoms with Crippen molar-refractivity contribution in [2.75, 3.05) is 26.9 Å². The minimum absolute atomic E-state index is 0.00100. The van der Waals surface area contributed by atoms with Gasteiger partial charge in [0.2, 0.25) is 5.90 Å². The van der Waals surface area contributed by atoms with Crippen LogP contribution in [-0.2, 0) is 46.5 Å². The molecule has 4 atom stereocenters. The summed E-state index contributed by atoms with van der Waals surface area (Å²) in [7, 11) is 1.23. The summed E-state index contributed by atoms with van der Waals surface area (Å²) in [6, 6.07) is 6.81. The molecule has 1 aromatic carbocycles. The van der Waals surface area contributed by atoms with Gasteiger partial charge in [-0.3, -0.25) is 9.59 Å². The topological polar surface area (TPSA) is 196 Å². The molecule has 0 radical (unpaired) electrons. The average molecular weight is 681 g/mol. The van der Waals surface area contributed by atoms with E-state index in [9.17, 15) is 29.4 Å². The Morgan fingerprint density at radius 2 is 1.81 bits per heavy atom. The predicted molar refractivity (Wildman–Crippen MR) is 167 cm³/mol. The Labute approximate surface area is 276 Å². The van der Waals surface area contributed by atoms with Crippen LogP contribution in [0, 0.1) is 5.92 Å². The van der Waals surface area contributed by atoms with Gasteiger partial charge in [-0.05, 0) is 38.3 Å². The fourth-order valence-electron chi connectivity index (χ4n) is 5.12. The number of carbonyl (C=O) groups is 3. The molecular formula is C32H41ClN2O12. The minimum Gasteiger partial charge on any atom is -0.479 e. The van der Waals surface area contributed by atoms with E-state index in [1.165, 1.54) is 7.11 Å². The Bertz CT molecular complexity index is 1500. The summed E-state index contributed by atoms with van der Waals surface area (Å²) in [4.78, 5) is 54.5. The summed E-state index contributed by atoms with van der Waals surface area (Å²) in [6.07, 6.45) is -0.856. The molecule has 1 aliphatic heterocycles. The second-order valence-corrected chi connectivity index (χ2v) is 11.1. The second kappa shape index (κ2) is 18.4. The van der Waals surface area contributed by atoms with Crippen LogP contribution in [-0.4, -0.2) is 73.1 Å². The zero-order valence-electron chi connectivity index (χ0n) is 26.8. The smallest absolute Gasteiger partial charge is 0.479 e. The lowest BCUT2D eigenvalue weighted by Crippen LogP contribution is -2.39. The van der Waals surface area contributed by atoms with E-state index in [2.05, 4.69) is 10.3 Å². The van der Waals surface area contributed by atoms with E-state index in [0.717, 1.165) is 6.42 Å². The normalized spacial score (nSPS) is 17.5. The number of hydrogen-bond donors (Lipinski definition) is 3. The van der Waals surface area contributed by atoms with Crippen molar-refractivity contribution in [3.63, 3.8) is 0 Å². The van der Waals surface area contributed by atoms with Gasteiger partial charge < -0.3 is 43.3 Å². The quantitative estimate of drug-likeness (QED) is 0.125. The Kier molecular flexibility index (Phi) is 14.7. The molecule has 47 heavy (non-hydrogen) atoms. The molecule has 0 bridgehead atoms. The van der Waals surface area contributed by atoms with Gasteiger partial charge in [-0.1, -0.05) is 43.1 Å². The molecule has 1 aliphatic rings. The number of esters is 3. The number of methoxy groups -OCH3 is 1. The highest BCUT2D eigenvalue weighted by molar-refractivity contribution is 6.31. The van der Waals surface area contributed by atoms with Gasteiger partial charge in [-0.25, -0.2) is 14.6 Å². The van der Waals surface area contributed by atoms with Gasteiger partial charge in [0.25, 0.3) is 0 Å². The molecule has 2 heterocycles. The summed E-state index contributed by atoms with van der Waals surface area (Å²) in [6.45, 7) is 5.00. The molecule has 258 valence electrons. The number of aliphatic hydroxyl groups excluding tert-OH is 2. The zero-order valence-corrected chi connectivity index (χ0v) is 27.5. The number of allylic oxidation sites excluding steroid dienone is 1. The molecule has 15 heteroatoms. The molecule has 0 aliphatic carbocycles. The van der Waals surface area contributed by atoms with Gasteiger partial charge in [-0.2, -0.15) is 0 Å². The number of nitrogens with one attached hydrogen (secondary N) is 1. The maximum Gasteiger partial charge on any atom is 0.519 e. The van der Waals surface area contributed by atoms with Crippen LogP contribution in [0.5, 0.6) is 0 Å². The molecule has 0 saturated carbocycles. The predicted octanol–water partition coefficient (Wildman–Crippen LogP) is 3.16. The van der Waals surface area contributed by atoms with Crippen molar-refractivity contribution in [3.05, 3.63) is 68.3 Å². The van der Waals surface area contributed by atoms with Crippen molar-refractivity contribution in [2.24, 2.45) is 10.9 Å². The molecule has 14 nitrogen and oxygen atoms in total. The number of benzene rings is 1. The van der Waals surface area contributed by atoms with Crippen LogP contribution in [0.4, 0.5) is 0 Å². The number of ether oxygens (including phenoxy) is 4. The van der Waals surface area contributed by atoms with E-state index in [1.807, 2.05) is 6.92 Å². The fraction of sp³-hybridized carbons (Fsp3) is 0.531. The highest BCUT2D eigenvalue weighted by Crippen LogP contribution is 2.42. The molecule has 2 unspecified atom stereocenters. The minimum atomic E-state index is -1.14. The van der Waals surface area contributed by atoms with Crippen LogP contribution in [0.2, 0.25) is 5.02 Å². The van der Waals surface area contributed by atoms with Crippen LogP contribution in [0.1, 0.15) is 69.5 Å². The summed E-state index contributed by atoms with van der Waals surface area (Å²) < 4.78 is 31.5. The monoisotopic (exact) mass is 680 g/mol. The number of aliphatic imine (C=N–C) groups is 1. The second-order valence-electron chi connectivity index (χ2n) is 10.7. The van der Waals surface area contributed by atoms with Crippen LogP contribution >= 0.6 is 11.6 Å². The van der Waals surface area contributed by atoms with Gasteiger partial charge >= 0.3 is 23.7 Å². The first-order chi connectivity index (χ1) is 22.5. The number of aliphatic hydroxyl groups is 2. The molecule has 2 aromatic rings. The number of rotatable bonds is 17. The maximum atomic E-state index is 13.3. The molecule has 1 aromatic heterocycles. The van der Waals surface area contributed by atoms with Gasteiger partial charge in [-0.15, -0.1) is 0 Å².